The molecule has 1 fully saturated rings. The highest BCUT2D eigenvalue weighted by Gasteiger charge is 2.22. The summed E-state index contributed by atoms with van der Waals surface area (Å²) in [6.45, 7) is 2.39. The maximum absolute atomic E-state index is 12.1. The molecule has 2 heterocycles. The van der Waals surface area contributed by atoms with Crippen LogP contribution in [-0.2, 0) is 16.1 Å². The van der Waals surface area contributed by atoms with Gasteiger partial charge < -0.3 is 10.2 Å². The molecular weight excluding hydrogens is 292 g/mol. The van der Waals surface area contributed by atoms with Crippen LogP contribution in [0.5, 0.6) is 0 Å². The van der Waals surface area contributed by atoms with Gasteiger partial charge in [-0.2, -0.15) is 0 Å². The lowest BCUT2D eigenvalue weighted by molar-refractivity contribution is -0.135. The minimum Gasteiger partial charge on any atom is -0.351 e. The summed E-state index contributed by atoms with van der Waals surface area (Å²) in [7, 11) is 1.78. The fourth-order valence-corrected chi connectivity index (χ4v) is 2.70. The SMILES string of the molecule is CN1CCN(CC(=O)NCc2cccc3cccnc23)CC1=O. The molecule has 0 saturated carbocycles. The Morgan fingerprint density at radius 1 is 1.26 bits per heavy atom. The first kappa shape index (κ1) is 15.4. The predicted octanol–water partition coefficient (Wildman–Crippen LogP) is 0.625. The lowest BCUT2D eigenvalue weighted by Gasteiger charge is -2.31. The summed E-state index contributed by atoms with van der Waals surface area (Å²) in [5.41, 5.74) is 1.90. The van der Waals surface area contributed by atoms with Gasteiger partial charge in [-0.1, -0.05) is 24.3 Å². The van der Waals surface area contributed by atoms with E-state index in [0.717, 1.165) is 23.0 Å². The summed E-state index contributed by atoms with van der Waals surface area (Å²) in [6, 6.07) is 9.84. The Balaban J connectivity index is 1.57. The minimum atomic E-state index is -0.0738. The van der Waals surface area contributed by atoms with E-state index in [4.69, 9.17) is 0 Å². The number of nitrogens with one attached hydrogen (secondary N) is 1. The third-order valence-electron chi connectivity index (χ3n) is 4.10. The van der Waals surface area contributed by atoms with Crippen molar-refractivity contribution in [3.63, 3.8) is 0 Å². The summed E-state index contributed by atoms with van der Waals surface area (Å²) in [6.07, 6.45) is 1.75. The van der Waals surface area contributed by atoms with E-state index in [1.54, 1.807) is 18.1 Å². The fraction of sp³-hybridized carbons (Fsp3) is 0.353. The van der Waals surface area contributed by atoms with Gasteiger partial charge in [-0.05, 0) is 11.6 Å². The Labute approximate surface area is 135 Å². The molecule has 0 atom stereocenters. The zero-order chi connectivity index (χ0) is 16.2. The van der Waals surface area contributed by atoms with Crippen LogP contribution < -0.4 is 5.32 Å². The highest BCUT2D eigenvalue weighted by molar-refractivity contribution is 5.83. The number of piperazine rings is 1. The molecule has 6 heteroatoms. The predicted molar refractivity (Wildman–Crippen MR) is 87.7 cm³/mol. The number of fused-ring (bicyclic) bond motifs is 1. The van der Waals surface area contributed by atoms with Gasteiger partial charge in [0.15, 0.2) is 0 Å². The van der Waals surface area contributed by atoms with E-state index in [1.807, 2.05) is 35.2 Å². The van der Waals surface area contributed by atoms with Crippen molar-refractivity contribution in [2.75, 3.05) is 33.2 Å². The first-order valence-electron chi connectivity index (χ1n) is 7.69. The number of carbonyl (C=O) groups is 2. The van der Waals surface area contributed by atoms with Crippen LogP contribution in [0.1, 0.15) is 5.56 Å². The van der Waals surface area contributed by atoms with E-state index in [2.05, 4.69) is 10.3 Å². The molecule has 1 aromatic carbocycles. The second-order valence-corrected chi connectivity index (χ2v) is 5.79. The van der Waals surface area contributed by atoms with Gasteiger partial charge >= 0.3 is 0 Å². The second-order valence-electron chi connectivity index (χ2n) is 5.79. The number of likely N-dealkylation sites (N-methyl/N-ethyl adjacent to an activating group) is 1. The van der Waals surface area contributed by atoms with E-state index in [0.29, 0.717) is 19.6 Å². The quantitative estimate of drug-likeness (QED) is 0.899. The largest absolute Gasteiger partial charge is 0.351 e. The lowest BCUT2D eigenvalue weighted by atomic mass is 10.1. The van der Waals surface area contributed by atoms with Gasteiger partial charge in [0.05, 0.1) is 18.6 Å². The minimum absolute atomic E-state index is 0.0577. The van der Waals surface area contributed by atoms with Crippen molar-refractivity contribution in [2.24, 2.45) is 0 Å². The Morgan fingerprint density at radius 3 is 2.91 bits per heavy atom. The maximum Gasteiger partial charge on any atom is 0.236 e. The van der Waals surface area contributed by atoms with Crippen LogP contribution in [-0.4, -0.2) is 59.8 Å². The van der Waals surface area contributed by atoms with Crippen molar-refractivity contribution in [1.82, 2.24) is 20.1 Å². The summed E-state index contributed by atoms with van der Waals surface area (Å²) >= 11 is 0. The molecule has 0 unspecified atom stereocenters. The van der Waals surface area contributed by atoms with Gasteiger partial charge in [0.2, 0.25) is 11.8 Å². The van der Waals surface area contributed by atoms with Crippen molar-refractivity contribution in [1.29, 1.82) is 0 Å². The number of carbonyl (C=O) groups excluding carboxylic acids is 2. The number of aromatic nitrogens is 1. The van der Waals surface area contributed by atoms with Crippen LogP contribution in [0, 0.1) is 0 Å². The normalized spacial score (nSPS) is 15.9. The summed E-state index contributed by atoms with van der Waals surface area (Å²) in [5.74, 6) is -0.0161. The Kier molecular flexibility index (Phi) is 4.52. The third kappa shape index (κ3) is 3.65. The Hall–Kier alpha value is -2.47. The number of rotatable bonds is 4. The average molecular weight is 312 g/mol. The molecule has 0 spiro atoms. The van der Waals surface area contributed by atoms with E-state index in [9.17, 15) is 9.59 Å². The third-order valence-corrected chi connectivity index (χ3v) is 4.10. The van der Waals surface area contributed by atoms with Crippen molar-refractivity contribution in [2.45, 2.75) is 6.54 Å². The van der Waals surface area contributed by atoms with Gasteiger partial charge in [0.1, 0.15) is 0 Å². The Bertz CT molecular complexity index is 726. The number of hydrogen-bond acceptors (Lipinski definition) is 4. The first-order chi connectivity index (χ1) is 11.1. The molecule has 1 aliphatic heterocycles. The molecule has 0 aliphatic carbocycles. The molecule has 1 saturated heterocycles. The molecule has 1 N–H and O–H groups in total. The number of pyridine rings is 1. The molecule has 2 amide bonds. The average Bonchev–Trinajstić information content (AvgIpc) is 2.56. The van der Waals surface area contributed by atoms with Crippen LogP contribution >= 0.6 is 0 Å². The van der Waals surface area contributed by atoms with Crippen molar-refractivity contribution in [3.8, 4) is 0 Å². The molecule has 1 aliphatic rings. The van der Waals surface area contributed by atoms with Gasteiger partial charge in [-0.25, -0.2) is 0 Å². The van der Waals surface area contributed by atoms with E-state index in [-0.39, 0.29) is 18.4 Å². The first-order valence-corrected chi connectivity index (χ1v) is 7.69. The smallest absolute Gasteiger partial charge is 0.236 e. The summed E-state index contributed by atoms with van der Waals surface area (Å²) in [5, 5.41) is 3.98. The number of hydrogen-bond donors (Lipinski definition) is 1. The van der Waals surface area contributed by atoms with Gasteiger partial charge in [0.25, 0.3) is 0 Å². The maximum atomic E-state index is 12.1. The van der Waals surface area contributed by atoms with E-state index in [1.165, 1.54) is 0 Å². The molecular formula is C17H20N4O2. The van der Waals surface area contributed by atoms with Crippen LogP contribution in [0.3, 0.4) is 0 Å². The fourth-order valence-electron chi connectivity index (χ4n) is 2.70. The topological polar surface area (TPSA) is 65.5 Å². The van der Waals surface area contributed by atoms with E-state index >= 15 is 0 Å². The van der Waals surface area contributed by atoms with Crippen LogP contribution in [0.25, 0.3) is 10.9 Å². The Morgan fingerprint density at radius 2 is 2.09 bits per heavy atom. The van der Waals surface area contributed by atoms with Crippen LogP contribution in [0.4, 0.5) is 0 Å². The molecule has 3 rings (SSSR count). The van der Waals surface area contributed by atoms with E-state index < -0.39 is 0 Å². The number of para-hydroxylation sites is 1. The molecule has 120 valence electrons. The standard InChI is InChI=1S/C17H20N4O2/c1-20-8-9-21(12-16(20)23)11-15(22)19-10-14-5-2-4-13-6-3-7-18-17(13)14/h2-7H,8-12H2,1H3,(H,19,22). The van der Waals surface area contributed by atoms with Crippen LogP contribution in [0.2, 0.25) is 0 Å². The summed E-state index contributed by atoms with van der Waals surface area (Å²) < 4.78 is 0. The molecule has 23 heavy (non-hydrogen) atoms. The number of benzene rings is 1. The number of amides is 2. The van der Waals surface area contributed by atoms with Crippen molar-refractivity contribution in [3.05, 3.63) is 42.1 Å². The van der Waals surface area contributed by atoms with Gasteiger partial charge in [-0.3, -0.25) is 19.5 Å². The highest BCUT2D eigenvalue weighted by atomic mass is 16.2. The zero-order valence-electron chi connectivity index (χ0n) is 13.2. The second kappa shape index (κ2) is 6.75. The molecule has 6 nitrogen and oxygen atoms in total. The molecule has 0 bridgehead atoms. The monoisotopic (exact) mass is 312 g/mol. The zero-order valence-corrected chi connectivity index (χ0v) is 13.2. The van der Waals surface area contributed by atoms with Gasteiger partial charge in [0, 0.05) is 38.3 Å². The molecule has 0 radical (unpaired) electrons. The highest BCUT2D eigenvalue weighted by Crippen LogP contribution is 2.15. The molecule has 1 aromatic heterocycles. The van der Waals surface area contributed by atoms with Crippen molar-refractivity contribution < 1.29 is 9.59 Å². The number of nitrogens with zero attached hydrogens (tertiary/aromatic N) is 3. The lowest BCUT2D eigenvalue weighted by Crippen LogP contribution is -2.51. The molecule has 2 aromatic rings. The van der Waals surface area contributed by atoms with Gasteiger partial charge in [-0.15, -0.1) is 0 Å². The van der Waals surface area contributed by atoms with Crippen molar-refractivity contribution >= 4 is 22.7 Å². The summed E-state index contributed by atoms with van der Waals surface area (Å²) in [4.78, 5) is 31.7. The van der Waals surface area contributed by atoms with Crippen LogP contribution in [0.15, 0.2) is 36.5 Å².